The first-order valence-corrected chi connectivity index (χ1v) is 10.4. The molecule has 1 unspecified atom stereocenters. The Hall–Kier alpha value is -1.39. The van der Waals surface area contributed by atoms with Crippen LogP contribution in [0.1, 0.15) is 44.1 Å². The summed E-state index contributed by atoms with van der Waals surface area (Å²) in [6.45, 7) is 6.15. The molecule has 1 atom stereocenters. The van der Waals surface area contributed by atoms with Crippen LogP contribution in [-0.4, -0.2) is 61.1 Å². The average molecular weight is 357 g/mol. The predicted octanol–water partition coefficient (Wildman–Crippen LogP) is 3.11. The van der Waals surface area contributed by atoms with Gasteiger partial charge in [0.25, 0.3) is 0 Å². The van der Waals surface area contributed by atoms with E-state index >= 15 is 0 Å². The normalized spacial score (nSPS) is 26.5. The summed E-state index contributed by atoms with van der Waals surface area (Å²) in [6.07, 6.45) is 7.96. The quantitative estimate of drug-likeness (QED) is 0.813. The monoisotopic (exact) mass is 356 g/mol. The Balaban J connectivity index is 1.27. The van der Waals surface area contributed by atoms with E-state index in [0.29, 0.717) is 11.3 Å². The van der Waals surface area contributed by atoms with Crippen molar-refractivity contribution in [2.75, 3.05) is 39.3 Å². The second-order valence-corrected chi connectivity index (χ2v) is 8.49. The van der Waals surface area contributed by atoms with Crippen LogP contribution in [0.3, 0.4) is 0 Å². The lowest BCUT2D eigenvalue weighted by Crippen LogP contribution is -2.53. The van der Waals surface area contributed by atoms with Gasteiger partial charge in [-0.2, -0.15) is 0 Å². The average Bonchev–Trinajstić information content (AvgIpc) is 3.19. The number of benzene rings is 1. The van der Waals surface area contributed by atoms with Gasteiger partial charge in [0.1, 0.15) is 0 Å². The summed E-state index contributed by atoms with van der Waals surface area (Å²) >= 11 is 0. The topological polar surface area (TPSA) is 32.8 Å². The maximum Gasteiger partial charge on any atom is 0.222 e. The van der Waals surface area contributed by atoms with E-state index in [1.807, 2.05) is 0 Å². The Kier molecular flexibility index (Phi) is 5.60. The second-order valence-electron chi connectivity index (χ2n) is 8.49. The van der Waals surface area contributed by atoms with Crippen molar-refractivity contribution in [3.63, 3.8) is 0 Å². The lowest BCUT2D eigenvalue weighted by atomic mass is 9.72. The number of amides is 1. The van der Waals surface area contributed by atoms with Crippen LogP contribution in [0.15, 0.2) is 30.3 Å². The molecule has 26 heavy (non-hydrogen) atoms. The first-order chi connectivity index (χ1) is 12.7. The fraction of sp³-hybridized carbons (Fsp3) is 0.682. The molecule has 3 heterocycles. The third kappa shape index (κ3) is 4.29. The maximum atomic E-state index is 12.4. The smallest absolute Gasteiger partial charge is 0.222 e. The number of piperidine rings is 2. The molecule has 1 aromatic carbocycles. The van der Waals surface area contributed by atoms with Crippen LogP contribution in [0.4, 0.5) is 0 Å². The molecule has 3 aliphatic heterocycles. The zero-order valence-corrected chi connectivity index (χ0v) is 15.9. The van der Waals surface area contributed by atoms with Crippen LogP contribution >= 0.6 is 0 Å². The third-order valence-corrected chi connectivity index (χ3v) is 6.67. The van der Waals surface area contributed by atoms with E-state index in [4.69, 9.17) is 4.74 Å². The zero-order chi connectivity index (χ0) is 17.8. The Morgan fingerprint density at radius 1 is 1.12 bits per heavy atom. The van der Waals surface area contributed by atoms with Crippen molar-refractivity contribution in [3.05, 3.63) is 35.9 Å². The van der Waals surface area contributed by atoms with E-state index in [2.05, 4.69) is 40.1 Å². The van der Waals surface area contributed by atoms with Crippen LogP contribution in [-0.2, 0) is 16.0 Å². The molecule has 4 nitrogen and oxygen atoms in total. The van der Waals surface area contributed by atoms with Crippen LogP contribution in [0.2, 0.25) is 0 Å². The molecule has 0 radical (unpaired) electrons. The highest BCUT2D eigenvalue weighted by atomic mass is 16.5. The highest BCUT2D eigenvalue weighted by Gasteiger charge is 2.41. The van der Waals surface area contributed by atoms with Gasteiger partial charge in [-0.25, -0.2) is 0 Å². The number of likely N-dealkylation sites (tertiary alicyclic amines) is 2. The van der Waals surface area contributed by atoms with E-state index < -0.39 is 0 Å². The molecule has 3 aliphatic rings. The summed E-state index contributed by atoms with van der Waals surface area (Å²) < 4.78 is 5.77. The highest BCUT2D eigenvalue weighted by molar-refractivity contribution is 5.77. The molecule has 0 aliphatic carbocycles. The fourth-order valence-electron chi connectivity index (χ4n) is 4.89. The largest absolute Gasteiger partial charge is 0.376 e. The van der Waals surface area contributed by atoms with Gasteiger partial charge in [0.2, 0.25) is 5.91 Å². The Labute approximate surface area is 157 Å². The van der Waals surface area contributed by atoms with Crippen molar-refractivity contribution in [2.24, 2.45) is 5.41 Å². The van der Waals surface area contributed by atoms with E-state index in [9.17, 15) is 4.79 Å². The molecule has 0 saturated carbocycles. The van der Waals surface area contributed by atoms with E-state index in [1.165, 1.54) is 31.5 Å². The lowest BCUT2D eigenvalue weighted by molar-refractivity contribution is -0.141. The third-order valence-electron chi connectivity index (χ3n) is 6.67. The van der Waals surface area contributed by atoms with Crippen molar-refractivity contribution >= 4 is 5.91 Å². The highest BCUT2D eigenvalue weighted by Crippen LogP contribution is 2.40. The van der Waals surface area contributed by atoms with Crippen LogP contribution < -0.4 is 0 Å². The minimum absolute atomic E-state index is 0.278. The van der Waals surface area contributed by atoms with Gasteiger partial charge in [-0.3, -0.25) is 4.79 Å². The number of hydrogen-bond donors (Lipinski definition) is 0. The lowest BCUT2D eigenvalue weighted by Gasteiger charge is -2.48. The molecule has 4 heteroatoms. The van der Waals surface area contributed by atoms with Crippen molar-refractivity contribution in [1.82, 2.24) is 9.80 Å². The van der Waals surface area contributed by atoms with Crippen LogP contribution in [0.25, 0.3) is 0 Å². The number of nitrogens with zero attached hydrogens (tertiary/aromatic N) is 2. The van der Waals surface area contributed by atoms with E-state index in [1.54, 1.807) is 0 Å². The summed E-state index contributed by atoms with van der Waals surface area (Å²) in [6, 6.07) is 10.8. The molecule has 1 amide bonds. The minimum Gasteiger partial charge on any atom is -0.376 e. The molecule has 0 bridgehead atoms. The molecular weight excluding hydrogens is 324 g/mol. The molecule has 1 aromatic rings. The van der Waals surface area contributed by atoms with Crippen molar-refractivity contribution in [1.29, 1.82) is 0 Å². The Morgan fingerprint density at radius 3 is 2.65 bits per heavy atom. The van der Waals surface area contributed by atoms with Crippen molar-refractivity contribution in [3.8, 4) is 0 Å². The minimum atomic E-state index is 0.278. The van der Waals surface area contributed by atoms with Crippen LogP contribution in [0.5, 0.6) is 0 Å². The first kappa shape index (κ1) is 18.0. The fourth-order valence-corrected chi connectivity index (χ4v) is 4.89. The standard InChI is InChI=1S/C22H32N2O2/c25-21-8-10-22(18-24(21)17-20-7-4-16-26-20)11-14-23(15-12-22)13-9-19-5-2-1-3-6-19/h1-3,5-6,20H,4,7-18H2. The second kappa shape index (κ2) is 8.10. The molecule has 4 rings (SSSR count). The molecule has 0 aromatic heterocycles. The molecular formula is C22H32N2O2. The van der Waals surface area contributed by atoms with Crippen LogP contribution in [0, 0.1) is 5.41 Å². The molecule has 142 valence electrons. The van der Waals surface area contributed by atoms with Gasteiger partial charge in [-0.15, -0.1) is 0 Å². The predicted molar refractivity (Wildman–Crippen MR) is 103 cm³/mol. The summed E-state index contributed by atoms with van der Waals surface area (Å²) in [4.78, 5) is 17.1. The molecule has 3 saturated heterocycles. The number of carbonyl (C=O) groups is 1. The molecule has 3 fully saturated rings. The molecule has 0 N–H and O–H groups in total. The van der Waals surface area contributed by atoms with Gasteiger partial charge in [0.05, 0.1) is 6.10 Å². The molecule has 1 spiro atoms. The summed E-state index contributed by atoms with van der Waals surface area (Å²) in [5, 5.41) is 0. The summed E-state index contributed by atoms with van der Waals surface area (Å²) in [5.41, 5.74) is 1.79. The summed E-state index contributed by atoms with van der Waals surface area (Å²) in [5.74, 6) is 0.345. The van der Waals surface area contributed by atoms with Gasteiger partial charge in [0.15, 0.2) is 0 Å². The van der Waals surface area contributed by atoms with Crippen molar-refractivity contribution in [2.45, 2.75) is 51.0 Å². The maximum absolute atomic E-state index is 12.4. The number of carbonyl (C=O) groups excluding carboxylic acids is 1. The Bertz CT molecular complexity index is 589. The van der Waals surface area contributed by atoms with Gasteiger partial charge in [0, 0.05) is 32.7 Å². The van der Waals surface area contributed by atoms with Gasteiger partial charge >= 0.3 is 0 Å². The van der Waals surface area contributed by atoms with E-state index in [0.717, 1.165) is 58.3 Å². The van der Waals surface area contributed by atoms with E-state index in [-0.39, 0.29) is 6.10 Å². The number of rotatable bonds is 5. The first-order valence-electron chi connectivity index (χ1n) is 10.4. The summed E-state index contributed by atoms with van der Waals surface area (Å²) in [7, 11) is 0. The van der Waals surface area contributed by atoms with Gasteiger partial charge in [-0.1, -0.05) is 30.3 Å². The number of hydrogen-bond acceptors (Lipinski definition) is 3. The van der Waals surface area contributed by atoms with Crippen molar-refractivity contribution < 1.29 is 9.53 Å². The SMILES string of the molecule is O=C1CCC2(CCN(CCc3ccccc3)CC2)CN1CC1CCCO1. The van der Waals surface area contributed by atoms with Gasteiger partial charge < -0.3 is 14.5 Å². The number of ether oxygens (including phenoxy) is 1. The zero-order valence-electron chi connectivity index (χ0n) is 15.9. The Morgan fingerprint density at radius 2 is 1.92 bits per heavy atom. The van der Waals surface area contributed by atoms with Gasteiger partial charge in [-0.05, 0) is 62.6 Å².